The lowest BCUT2D eigenvalue weighted by molar-refractivity contribution is -0.143. The Bertz CT molecular complexity index is 395. The Kier molecular flexibility index (Phi) is 4.09. The molecule has 1 rings (SSSR count). The molecule has 82 valence electrons. The predicted molar refractivity (Wildman–Crippen MR) is 56.6 cm³/mol. The van der Waals surface area contributed by atoms with Crippen molar-refractivity contribution < 1.29 is 9.53 Å². The van der Waals surface area contributed by atoms with Gasteiger partial charge >= 0.3 is 5.97 Å². The average Bonchev–Trinajstić information content (AvgIpc) is 2.21. The van der Waals surface area contributed by atoms with Gasteiger partial charge in [-0.15, -0.1) is 0 Å². The van der Waals surface area contributed by atoms with Gasteiger partial charge in [-0.25, -0.2) is 0 Å². The Balaban J connectivity index is 2.62. The molecule has 0 aromatic carbocycles. The number of nitrogens with zero attached hydrogens (tertiary/aromatic N) is 1. The monoisotopic (exact) mass is 209 g/mol. The highest BCUT2D eigenvalue weighted by Crippen LogP contribution is 1.98. The third kappa shape index (κ3) is 3.23. The molecule has 1 heterocycles. The van der Waals surface area contributed by atoms with Gasteiger partial charge in [0, 0.05) is 25.2 Å². The highest BCUT2D eigenvalue weighted by atomic mass is 16.5. The van der Waals surface area contributed by atoms with Gasteiger partial charge in [0.2, 0.25) is 0 Å². The van der Waals surface area contributed by atoms with E-state index >= 15 is 0 Å². The fourth-order valence-electron chi connectivity index (χ4n) is 1.31. The maximum absolute atomic E-state index is 11.5. The minimum atomic E-state index is -0.261. The Hall–Kier alpha value is -1.58. The van der Waals surface area contributed by atoms with E-state index in [4.69, 9.17) is 4.74 Å². The van der Waals surface area contributed by atoms with Gasteiger partial charge in [-0.05, 0) is 19.4 Å². The summed E-state index contributed by atoms with van der Waals surface area (Å²) in [5.74, 6) is -0.261. The van der Waals surface area contributed by atoms with E-state index in [-0.39, 0.29) is 17.9 Å². The van der Waals surface area contributed by atoms with Gasteiger partial charge in [0.25, 0.3) is 5.56 Å². The van der Waals surface area contributed by atoms with Gasteiger partial charge in [-0.1, -0.05) is 6.07 Å². The lowest BCUT2D eigenvalue weighted by atomic mass is 10.1. The summed E-state index contributed by atoms with van der Waals surface area (Å²) in [6, 6.07) is 3.53. The number of hydrogen-bond acceptors (Lipinski definition) is 3. The highest BCUT2D eigenvalue weighted by Gasteiger charge is 2.05. The summed E-state index contributed by atoms with van der Waals surface area (Å²) < 4.78 is 6.29. The van der Waals surface area contributed by atoms with E-state index < -0.39 is 0 Å². The van der Waals surface area contributed by atoms with Crippen molar-refractivity contribution in [3.05, 3.63) is 34.2 Å². The molecule has 0 unspecified atom stereocenters. The topological polar surface area (TPSA) is 48.3 Å². The molecule has 0 amide bonds. The van der Waals surface area contributed by atoms with Crippen LogP contribution in [0.4, 0.5) is 0 Å². The fourth-order valence-corrected chi connectivity index (χ4v) is 1.31. The number of carbonyl (C=O) groups excluding carboxylic acids is 1. The van der Waals surface area contributed by atoms with E-state index in [0.29, 0.717) is 18.6 Å². The van der Waals surface area contributed by atoms with Gasteiger partial charge in [0.15, 0.2) is 0 Å². The third-order valence-electron chi connectivity index (χ3n) is 2.11. The molecule has 0 spiro atoms. The number of hydrogen-bond donors (Lipinski definition) is 0. The summed E-state index contributed by atoms with van der Waals surface area (Å²) in [5.41, 5.74) is 0.592. The Morgan fingerprint density at radius 2 is 2.27 bits per heavy atom. The van der Waals surface area contributed by atoms with Crippen LogP contribution < -0.4 is 5.56 Å². The van der Waals surface area contributed by atoms with Crippen LogP contribution in [0.25, 0.3) is 0 Å². The van der Waals surface area contributed by atoms with E-state index in [1.807, 2.05) is 0 Å². The van der Waals surface area contributed by atoms with Gasteiger partial charge in [0.1, 0.15) is 0 Å². The molecule has 0 bridgehead atoms. The molecule has 4 heteroatoms. The van der Waals surface area contributed by atoms with Crippen molar-refractivity contribution in [2.45, 2.75) is 19.8 Å². The molecular weight excluding hydrogens is 194 g/mol. The second-order valence-corrected chi connectivity index (χ2v) is 3.25. The van der Waals surface area contributed by atoms with Crippen molar-refractivity contribution in [3.8, 4) is 0 Å². The quantitative estimate of drug-likeness (QED) is 0.692. The lowest BCUT2D eigenvalue weighted by Crippen LogP contribution is -2.20. The van der Waals surface area contributed by atoms with Crippen LogP contribution in [0.1, 0.15) is 18.9 Å². The molecule has 1 aromatic heterocycles. The molecule has 0 atom stereocenters. The van der Waals surface area contributed by atoms with Crippen LogP contribution in [0.5, 0.6) is 0 Å². The summed E-state index contributed by atoms with van der Waals surface area (Å²) >= 11 is 0. The molecule has 4 nitrogen and oxygen atoms in total. The van der Waals surface area contributed by atoms with Crippen LogP contribution in [0, 0.1) is 0 Å². The molecule has 0 N–H and O–H groups in total. The molecule has 0 radical (unpaired) electrons. The number of rotatable bonds is 4. The summed E-state index contributed by atoms with van der Waals surface area (Å²) in [7, 11) is 1.69. The van der Waals surface area contributed by atoms with E-state index in [9.17, 15) is 9.59 Å². The molecule has 0 aliphatic carbocycles. The number of pyridine rings is 1. The van der Waals surface area contributed by atoms with E-state index in [1.165, 1.54) is 4.57 Å². The predicted octanol–water partition coefficient (Wildman–Crippen LogP) is 0.881. The standard InChI is InChI=1S/C11H15NO3/c1-3-15-10(13)7-6-9-5-4-8-12(2)11(9)14/h4-5,8H,3,6-7H2,1-2H3. The van der Waals surface area contributed by atoms with Crippen LogP contribution in [0.2, 0.25) is 0 Å². The second-order valence-electron chi connectivity index (χ2n) is 3.25. The first-order valence-corrected chi connectivity index (χ1v) is 4.95. The first-order chi connectivity index (χ1) is 7.15. The van der Waals surface area contributed by atoms with E-state index in [0.717, 1.165) is 0 Å². The number of aryl methyl sites for hydroxylation is 2. The van der Waals surface area contributed by atoms with Crippen LogP contribution in [-0.4, -0.2) is 17.1 Å². The molecular formula is C11H15NO3. The van der Waals surface area contributed by atoms with E-state index in [2.05, 4.69) is 0 Å². The first kappa shape index (κ1) is 11.5. The number of carbonyl (C=O) groups is 1. The zero-order chi connectivity index (χ0) is 11.3. The van der Waals surface area contributed by atoms with Crippen molar-refractivity contribution in [2.24, 2.45) is 7.05 Å². The molecule has 0 saturated carbocycles. The van der Waals surface area contributed by atoms with Gasteiger partial charge in [-0.3, -0.25) is 9.59 Å². The summed E-state index contributed by atoms with van der Waals surface area (Å²) in [6.07, 6.45) is 2.38. The van der Waals surface area contributed by atoms with Crippen molar-refractivity contribution in [3.63, 3.8) is 0 Å². The van der Waals surface area contributed by atoms with Gasteiger partial charge < -0.3 is 9.30 Å². The molecule has 0 aliphatic rings. The number of esters is 1. The lowest BCUT2D eigenvalue weighted by Gasteiger charge is -2.03. The maximum atomic E-state index is 11.5. The first-order valence-electron chi connectivity index (χ1n) is 4.95. The molecule has 1 aromatic rings. The van der Waals surface area contributed by atoms with Crippen LogP contribution in [-0.2, 0) is 23.0 Å². The fraction of sp³-hybridized carbons (Fsp3) is 0.455. The number of aromatic nitrogens is 1. The molecule has 0 aliphatic heterocycles. The second kappa shape index (κ2) is 5.34. The van der Waals surface area contributed by atoms with Crippen molar-refractivity contribution in [2.75, 3.05) is 6.61 Å². The van der Waals surface area contributed by atoms with E-state index in [1.54, 1.807) is 32.3 Å². The minimum Gasteiger partial charge on any atom is -0.466 e. The van der Waals surface area contributed by atoms with Crippen LogP contribution in [0.15, 0.2) is 23.1 Å². The summed E-state index contributed by atoms with van der Waals surface area (Å²) in [5, 5.41) is 0. The van der Waals surface area contributed by atoms with Crippen molar-refractivity contribution in [1.29, 1.82) is 0 Å². The summed E-state index contributed by atoms with van der Waals surface area (Å²) in [6.45, 7) is 2.14. The Morgan fingerprint density at radius 3 is 2.93 bits per heavy atom. The maximum Gasteiger partial charge on any atom is 0.306 e. The smallest absolute Gasteiger partial charge is 0.306 e. The van der Waals surface area contributed by atoms with Crippen molar-refractivity contribution in [1.82, 2.24) is 4.57 Å². The van der Waals surface area contributed by atoms with Crippen LogP contribution >= 0.6 is 0 Å². The Morgan fingerprint density at radius 1 is 1.53 bits per heavy atom. The third-order valence-corrected chi connectivity index (χ3v) is 2.11. The van der Waals surface area contributed by atoms with Gasteiger partial charge in [-0.2, -0.15) is 0 Å². The average molecular weight is 209 g/mol. The van der Waals surface area contributed by atoms with Crippen LogP contribution in [0.3, 0.4) is 0 Å². The highest BCUT2D eigenvalue weighted by molar-refractivity contribution is 5.69. The zero-order valence-corrected chi connectivity index (χ0v) is 9.03. The molecule has 15 heavy (non-hydrogen) atoms. The van der Waals surface area contributed by atoms with Crippen molar-refractivity contribution >= 4 is 5.97 Å². The SMILES string of the molecule is CCOC(=O)CCc1cccn(C)c1=O. The Labute approximate surface area is 88.5 Å². The zero-order valence-electron chi connectivity index (χ0n) is 9.03. The molecule has 0 saturated heterocycles. The van der Waals surface area contributed by atoms with Gasteiger partial charge in [0.05, 0.1) is 6.61 Å². The largest absolute Gasteiger partial charge is 0.466 e. The normalized spacial score (nSPS) is 10.0. The minimum absolute atomic E-state index is 0.0539. The molecule has 0 fully saturated rings. The summed E-state index contributed by atoms with van der Waals surface area (Å²) in [4.78, 5) is 22.6. The number of ether oxygens (including phenoxy) is 1.